The summed E-state index contributed by atoms with van der Waals surface area (Å²) >= 11 is 0. The molecule has 0 atom stereocenters. The van der Waals surface area contributed by atoms with Crippen molar-refractivity contribution in [3.05, 3.63) is 39.7 Å². The summed E-state index contributed by atoms with van der Waals surface area (Å²) in [5.41, 5.74) is 7.49. The van der Waals surface area contributed by atoms with Crippen LogP contribution in [-0.4, -0.2) is 18.1 Å². The van der Waals surface area contributed by atoms with Gasteiger partial charge in [-0.05, 0) is 24.6 Å². The molecule has 0 radical (unpaired) electrons. The van der Waals surface area contributed by atoms with Gasteiger partial charge < -0.3 is 15.5 Å². The lowest BCUT2D eigenvalue weighted by molar-refractivity contribution is 0.0594. The van der Waals surface area contributed by atoms with Crippen LogP contribution in [0.3, 0.4) is 0 Å². The molecule has 0 aliphatic heterocycles. The van der Waals surface area contributed by atoms with Gasteiger partial charge in [0.1, 0.15) is 5.69 Å². The molecular formula is C12H12N2O3. The van der Waals surface area contributed by atoms with E-state index in [9.17, 15) is 9.59 Å². The normalized spacial score (nSPS) is 10.5. The van der Waals surface area contributed by atoms with Gasteiger partial charge in [-0.2, -0.15) is 0 Å². The topological polar surface area (TPSA) is 85.2 Å². The number of aryl methyl sites for hydroxylation is 1. The first-order valence-electron chi connectivity index (χ1n) is 5.04. The Morgan fingerprint density at radius 1 is 1.35 bits per heavy atom. The monoisotopic (exact) mass is 232 g/mol. The van der Waals surface area contributed by atoms with Crippen molar-refractivity contribution >= 4 is 22.6 Å². The molecule has 0 saturated heterocycles. The van der Waals surface area contributed by atoms with Crippen molar-refractivity contribution in [2.75, 3.05) is 12.8 Å². The highest BCUT2D eigenvalue weighted by Crippen LogP contribution is 2.17. The summed E-state index contributed by atoms with van der Waals surface area (Å²) in [6.45, 7) is 1.82. The minimum absolute atomic E-state index is 0.137. The zero-order valence-electron chi connectivity index (χ0n) is 9.53. The number of ether oxygens (including phenoxy) is 1. The standard InChI is InChI=1S/C12H12N2O3/c1-6-3-7(13)4-8-10(15)5-9(12(16)17-2)14-11(6)8/h3-5H,13H2,1-2H3,(H,14,15). The average molecular weight is 232 g/mol. The first kappa shape index (κ1) is 11.2. The summed E-state index contributed by atoms with van der Waals surface area (Å²) in [5.74, 6) is -0.569. The fraction of sp³-hybridized carbons (Fsp3) is 0.167. The van der Waals surface area contributed by atoms with E-state index in [1.807, 2.05) is 6.92 Å². The van der Waals surface area contributed by atoms with E-state index in [1.165, 1.54) is 13.2 Å². The van der Waals surface area contributed by atoms with Crippen molar-refractivity contribution in [3.63, 3.8) is 0 Å². The number of H-pyrrole nitrogens is 1. The zero-order valence-corrected chi connectivity index (χ0v) is 9.53. The van der Waals surface area contributed by atoms with Crippen LogP contribution in [0, 0.1) is 6.92 Å². The van der Waals surface area contributed by atoms with Crippen LogP contribution in [0.15, 0.2) is 23.0 Å². The highest BCUT2D eigenvalue weighted by Gasteiger charge is 2.11. The Hall–Kier alpha value is -2.30. The second kappa shape index (κ2) is 3.93. The number of nitrogens with one attached hydrogen (secondary N) is 1. The first-order valence-corrected chi connectivity index (χ1v) is 5.04. The van der Waals surface area contributed by atoms with Crippen molar-refractivity contribution in [1.29, 1.82) is 0 Å². The number of nitrogens with two attached hydrogens (primary N) is 1. The van der Waals surface area contributed by atoms with Gasteiger partial charge in [-0.3, -0.25) is 4.79 Å². The maximum absolute atomic E-state index is 11.8. The molecule has 3 N–H and O–H groups in total. The Balaban J connectivity index is 2.82. The lowest BCUT2D eigenvalue weighted by Gasteiger charge is -2.06. The number of methoxy groups -OCH3 is 1. The Morgan fingerprint density at radius 3 is 2.71 bits per heavy atom. The number of carbonyl (C=O) groups excluding carboxylic acids is 1. The number of carbonyl (C=O) groups is 1. The largest absolute Gasteiger partial charge is 0.464 e. The third-order valence-electron chi connectivity index (χ3n) is 2.56. The molecule has 2 rings (SSSR count). The van der Waals surface area contributed by atoms with Gasteiger partial charge in [0.2, 0.25) is 0 Å². The van der Waals surface area contributed by atoms with E-state index in [0.29, 0.717) is 16.6 Å². The van der Waals surface area contributed by atoms with Gasteiger partial charge in [0.25, 0.3) is 0 Å². The summed E-state index contributed by atoms with van der Waals surface area (Å²) in [4.78, 5) is 26.1. The fourth-order valence-corrected chi connectivity index (χ4v) is 1.77. The summed E-state index contributed by atoms with van der Waals surface area (Å²) in [6.07, 6.45) is 0. The van der Waals surface area contributed by atoms with Crippen LogP contribution in [0.25, 0.3) is 10.9 Å². The predicted molar refractivity (Wildman–Crippen MR) is 65.1 cm³/mol. The Bertz CT molecular complexity index is 659. The van der Waals surface area contributed by atoms with E-state index >= 15 is 0 Å². The Kier molecular flexibility index (Phi) is 2.59. The van der Waals surface area contributed by atoms with E-state index in [0.717, 1.165) is 5.56 Å². The number of hydrogen-bond donors (Lipinski definition) is 2. The van der Waals surface area contributed by atoms with Crippen LogP contribution in [0.4, 0.5) is 5.69 Å². The number of aromatic amines is 1. The molecule has 0 aliphatic rings. The van der Waals surface area contributed by atoms with Crippen molar-refractivity contribution in [3.8, 4) is 0 Å². The molecule has 0 saturated carbocycles. The zero-order chi connectivity index (χ0) is 12.6. The molecular weight excluding hydrogens is 220 g/mol. The lowest BCUT2D eigenvalue weighted by atomic mass is 10.1. The quantitative estimate of drug-likeness (QED) is 0.571. The van der Waals surface area contributed by atoms with Gasteiger partial charge in [-0.15, -0.1) is 0 Å². The number of fused-ring (bicyclic) bond motifs is 1. The molecule has 0 aliphatic carbocycles. The van der Waals surface area contributed by atoms with Crippen LogP contribution in [0.2, 0.25) is 0 Å². The van der Waals surface area contributed by atoms with Gasteiger partial charge >= 0.3 is 5.97 Å². The van der Waals surface area contributed by atoms with E-state index < -0.39 is 5.97 Å². The molecule has 1 aromatic heterocycles. The SMILES string of the molecule is COC(=O)c1cc(=O)c2cc(N)cc(C)c2[nH]1. The lowest BCUT2D eigenvalue weighted by Crippen LogP contribution is -2.12. The molecule has 17 heavy (non-hydrogen) atoms. The first-order chi connectivity index (χ1) is 8.02. The van der Waals surface area contributed by atoms with Crippen LogP contribution >= 0.6 is 0 Å². The number of aromatic nitrogens is 1. The third kappa shape index (κ3) is 1.87. The molecule has 0 bridgehead atoms. The summed E-state index contributed by atoms with van der Waals surface area (Å²) in [5, 5.41) is 0.468. The van der Waals surface area contributed by atoms with Gasteiger partial charge in [0.15, 0.2) is 5.43 Å². The van der Waals surface area contributed by atoms with Gasteiger partial charge in [0.05, 0.1) is 12.6 Å². The second-order valence-corrected chi connectivity index (χ2v) is 3.80. The van der Waals surface area contributed by atoms with Gasteiger partial charge in [-0.25, -0.2) is 4.79 Å². The highest BCUT2D eigenvalue weighted by molar-refractivity contribution is 5.92. The average Bonchev–Trinajstić information content (AvgIpc) is 2.29. The van der Waals surface area contributed by atoms with E-state index in [4.69, 9.17) is 5.73 Å². The fourth-order valence-electron chi connectivity index (χ4n) is 1.77. The van der Waals surface area contributed by atoms with Crippen molar-refractivity contribution in [2.24, 2.45) is 0 Å². The minimum Gasteiger partial charge on any atom is -0.464 e. The number of benzene rings is 1. The maximum Gasteiger partial charge on any atom is 0.354 e. The smallest absolute Gasteiger partial charge is 0.354 e. The van der Waals surface area contributed by atoms with E-state index in [2.05, 4.69) is 9.72 Å². The number of hydrogen-bond acceptors (Lipinski definition) is 4. The third-order valence-corrected chi connectivity index (χ3v) is 2.56. The van der Waals surface area contributed by atoms with Crippen LogP contribution < -0.4 is 11.2 Å². The van der Waals surface area contributed by atoms with Gasteiger partial charge in [-0.1, -0.05) is 0 Å². The number of rotatable bonds is 1. The Labute approximate surface area is 97.2 Å². The Morgan fingerprint density at radius 2 is 2.06 bits per heavy atom. The molecule has 88 valence electrons. The molecule has 0 amide bonds. The molecule has 5 heteroatoms. The van der Waals surface area contributed by atoms with Gasteiger partial charge in [0, 0.05) is 17.1 Å². The van der Waals surface area contributed by atoms with Crippen molar-refractivity contribution in [1.82, 2.24) is 4.98 Å². The van der Waals surface area contributed by atoms with Crippen molar-refractivity contribution < 1.29 is 9.53 Å². The van der Waals surface area contributed by atoms with Crippen LogP contribution in [0.1, 0.15) is 16.1 Å². The number of anilines is 1. The highest BCUT2D eigenvalue weighted by atomic mass is 16.5. The number of esters is 1. The maximum atomic E-state index is 11.8. The van der Waals surface area contributed by atoms with Crippen molar-refractivity contribution in [2.45, 2.75) is 6.92 Å². The van der Waals surface area contributed by atoms with E-state index in [-0.39, 0.29) is 11.1 Å². The molecule has 0 unspecified atom stereocenters. The molecule has 0 spiro atoms. The second-order valence-electron chi connectivity index (χ2n) is 3.80. The number of pyridine rings is 1. The molecule has 0 fully saturated rings. The van der Waals surface area contributed by atoms with Crippen LogP contribution in [0.5, 0.6) is 0 Å². The molecule has 1 aromatic carbocycles. The van der Waals surface area contributed by atoms with E-state index in [1.54, 1.807) is 12.1 Å². The summed E-state index contributed by atoms with van der Waals surface area (Å²) in [6, 6.07) is 4.54. The summed E-state index contributed by atoms with van der Waals surface area (Å²) < 4.78 is 4.57. The molecule has 1 heterocycles. The number of nitrogen functional groups attached to an aromatic ring is 1. The molecule has 2 aromatic rings. The summed E-state index contributed by atoms with van der Waals surface area (Å²) in [7, 11) is 1.26. The predicted octanol–water partition coefficient (Wildman–Crippen LogP) is 1.21. The minimum atomic E-state index is -0.569. The molecule has 5 nitrogen and oxygen atoms in total. The van der Waals surface area contributed by atoms with Crippen LogP contribution in [-0.2, 0) is 4.74 Å².